The van der Waals surface area contributed by atoms with E-state index in [1.807, 2.05) is 0 Å². The van der Waals surface area contributed by atoms with E-state index in [9.17, 15) is 14.4 Å². The van der Waals surface area contributed by atoms with E-state index < -0.39 is 30.5 Å². The van der Waals surface area contributed by atoms with Crippen molar-refractivity contribution < 1.29 is 33.3 Å². The van der Waals surface area contributed by atoms with Crippen LogP contribution in [0.15, 0.2) is 48.5 Å². The highest BCUT2D eigenvalue weighted by Crippen LogP contribution is 2.31. The fraction of sp³-hybridized carbons (Fsp3) is 0.211. The molecule has 2 amide bonds. The number of carbonyl (C=O) groups excluding carboxylic acids is 3. The predicted octanol–water partition coefficient (Wildman–Crippen LogP) is 1.33. The van der Waals surface area contributed by atoms with Crippen molar-refractivity contribution in [3.8, 4) is 17.2 Å². The van der Waals surface area contributed by atoms with Gasteiger partial charge in [0, 0.05) is 5.56 Å². The molecule has 0 aromatic heterocycles. The van der Waals surface area contributed by atoms with Gasteiger partial charge in [0.25, 0.3) is 11.8 Å². The molecule has 1 aliphatic rings. The maximum absolute atomic E-state index is 12.0. The van der Waals surface area contributed by atoms with Gasteiger partial charge < -0.3 is 18.9 Å². The first-order valence-electron chi connectivity index (χ1n) is 8.10. The lowest BCUT2D eigenvalue weighted by molar-refractivity contribution is -0.157. The Bertz CT molecular complexity index is 847. The molecule has 0 fully saturated rings. The number of methoxy groups -OCH3 is 1. The Morgan fingerprint density at radius 3 is 2.48 bits per heavy atom. The number of hydrogen-bond donors (Lipinski definition) is 1. The number of hydrogen-bond acceptors (Lipinski definition) is 7. The summed E-state index contributed by atoms with van der Waals surface area (Å²) < 4.78 is 20.8. The molecule has 3 rings (SSSR count). The van der Waals surface area contributed by atoms with Gasteiger partial charge in [-0.05, 0) is 36.4 Å². The molecule has 27 heavy (non-hydrogen) atoms. The maximum atomic E-state index is 12.0. The zero-order valence-corrected chi connectivity index (χ0v) is 14.5. The summed E-state index contributed by atoms with van der Waals surface area (Å²) in [5, 5.41) is 2.14. The van der Waals surface area contributed by atoms with Gasteiger partial charge in [-0.15, -0.1) is 0 Å². The van der Waals surface area contributed by atoms with Gasteiger partial charge in [-0.25, -0.2) is 4.79 Å². The van der Waals surface area contributed by atoms with Crippen molar-refractivity contribution in [2.24, 2.45) is 0 Å². The van der Waals surface area contributed by atoms with Crippen LogP contribution in [0.25, 0.3) is 0 Å². The molecule has 2 aromatic carbocycles. The zero-order valence-electron chi connectivity index (χ0n) is 14.5. The molecule has 0 aliphatic carbocycles. The first-order valence-corrected chi connectivity index (χ1v) is 8.10. The second kappa shape index (κ2) is 8.22. The number of para-hydroxylation sites is 2. The monoisotopic (exact) mass is 371 g/mol. The van der Waals surface area contributed by atoms with E-state index in [1.165, 1.54) is 19.2 Å². The van der Waals surface area contributed by atoms with Gasteiger partial charge in [0.1, 0.15) is 12.4 Å². The highest BCUT2D eigenvalue weighted by molar-refractivity contribution is 6.05. The summed E-state index contributed by atoms with van der Waals surface area (Å²) in [5.41, 5.74) is 0.274. The van der Waals surface area contributed by atoms with Crippen LogP contribution in [-0.2, 0) is 14.3 Å². The van der Waals surface area contributed by atoms with Gasteiger partial charge in [0.05, 0.1) is 7.11 Å². The first-order chi connectivity index (χ1) is 13.1. The Kier molecular flexibility index (Phi) is 5.55. The fourth-order valence-electron chi connectivity index (χ4n) is 2.34. The molecule has 0 saturated carbocycles. The molecular weight excluding hydrogens is 354 g/mol. The minimum absolute atomic E-state index is 0.0256. The lowest BCUT2D eigenvalue weighted by atomic mass is 10.2. The molecule has 0 saturated heterocycles. The molecule has 2 aromatic rings. The van der Waals surface area contributed by atoms with Gasteiger partial charge in [0.15, 0.2) is 18.1 Å². The van der Waals surface area contributed by atoms with Crippen molar-refractivity contribution in [2.45, 2.75) is 6.10 Å². The summed E-state index contributed by atoms with van der Waals surface area (Å²) in [6.45, 7) is -0.634. The van der Waals surface area contributed by atoms with Gasteiger partial charge in [-0.2, -0.15) is 0 Å². The van der Waals surface area contributed by atoms with Crippen molar-refractivity contribution in [2.75, 3.05) is 20.3 Å². The number of amides is 2. The van der Waals surface area contributed by atoms with E-state index >= 15 is 0 Å². The summed E-state index contributed by atoms with van der Waals surface area (Å²) in [5.74, 6) is -0.569. The Morgan fingerprint density at radius 2 is 1.78 bits per heavy atom. The van der Waals surface area contributed by atoms with Crippen LogP contribution >= 0.6 is 0 Å². The van der Waals surface area contributed by atoms with Gasteiger partial charge in [0.2, 0.25) is 6.10 Å². The summed E-state index contributed by atoms with van der Waals surface area (Å²) >= 11 is 0. The molecule has 1 atom stereocenters. The third-order valence-corrected chi connectivity index (χ3v) is 3.72. The lowest BCUT2D eigenvalue weighted by Gasteiger charge is -2.24. The molecule has 1 heterocycles. The molecule has 1 N–H and O–H groups in total. The van der Waals surface area contributed by atoms with Crippen LogP contribution in [0.2, 0.25) is 0 Å². The van der Waals surface area contributed by atoms with Crippen LogP contribution in [0, 0.1) is 0 Å². The van der Waals surface area contributed by atoms with Crippen molar-refractivity contribution in [3.05, 3.63) is 54.1 Å². The Labute approximate surface area is 155 Å². The van der Waals surface area contributed by atoms with Crippen LogP contribution in [0.3, 0.4) is 0 Å². The van der Waals surface area contributed by atoms with E-state index in [0.717, 1.165) is 0 Å². The molecule has 1 aliphatic heterocycles. The Hall–Kier alpha value is -3.55. The second-order valence-electron chi connectivity index (χ2n) is 5.58. The Morgan fingerprint density at radius 1 is 1.07 bits per heavy atom. The second-order valence-corrected chi connectivity index (χ2v) is 5.58. The zero-order chi connectivity index (χ0) is 19.2. The molecular formula is C19H17NO7. The van der Waals surface area contributed by atoms with Gasteiger partial charge >= 0.3 is 5.97 Å². The number of benzene rings is 2. The molecule has 8 heteroatoms. The first kappa shape index (κ1) is 18.2. The third kappa shape index (κ3) is 4.55. The maximum Gasteiger partial charge on any atom is 0.351 e. The predicted molar refractivity (Wildman–Crippen MR) is 92.8 cm³/mol. The molecule has 0 spiro atoms. The molecule has 0 radical (unpaired) electrons. The fourth-order valence-corrected chi connectivity index (χ4v) is 2.34. The van der Waals surface area contributed by atoms with Crippen LogP contribution in [0.1, 0.15) is 10.4 Å². The van der Waals surface area contributed by atoms with Crippen molar-refractivity contribution >= 4 is 17.8 Å². The Balaban J connectivity index is 1.47. The quantitative estimate of drug-likeness (QED) is 0.792. The van der Waals surface area contributed by atoms with Crippen LogP contribution in [0.4, 0.5) is 0 Å². The minimum atomic E-state index is -0.981. The lowest BCUT2D eigenvalue weighted by Crippen LogP contribution is -2.40. The van der Waals surface area contributed by atoms with E-state index in [1.54, 1.807) is 36.4 Å². The van der Waals surface area contributed by atoms with E-state index in [0.29, 0.717) is 17.2 Å². The number of carbonyl (C=O) groups is 3. The number of imide groups is 1. The summed E-state index contributed by atoms with van der Waals surface area (Å²) in [4.78, 5) is 35.8. The average molecular weight is 371 g/mol. The minimum Gasteiger partial charge on any atom is -0.497 e. The SMILES string of the molecule is COc1ccc(C(=O)NC(=O)COC(=O)[C@H]2COc3ccccc3O2)cc1. The summed E-state index contributed by atoms with van der Waals surface area (Å²) in [7, 11) is 1.51. The molecule has 140 valence electrons. The third-order valence-electron chi connectivity index (χ3n) is 3.72. The van der Waals surface area contributed by atoms with Crippen molar-refractivity contribution in [1.82, 2.24) is 5.32 Å². The number of ether oxygens (including phenoxy) is 4. The van der Waals surface area contributed by atoms with Crippen LogP contribution < -0.4 is 19.5 Å². The van der Waals surface area contributed by atoms with Crippen molar-refractivity contribution in [3.63, 3.8) is 0 Å². The highest BCUT2D eigenvalue weighted by Gasteiger charge is 2.29. The van der Waals surface area contributed by atoms with Gasteiger partial charge in [-0.3, -0.25) is 14.9 Å². The normalized spacial score (nSPS) is 14.8. The number of rotatable bonds is 5. The largest absolute Gasteiger partial charge is 0.497 e. The van der Waals surface area contributed by atoms with Crippen LogP contribution in [-0.4, -0.2) is 44.2 Å². The van der Waals surface area contributed by atoms with E-state index in [-0.39, 0.29) is 12.2 Å². The highest BCUT2D eigenvalue weighted by atomic mass is 16.6. The number of esters is 1. The molecule has 0 bridgehead atoms. The topological polar surface area (TPSA) is 100 Å². The van der Waals surface area contributed by atoms with Gasteiger partial charge in [-0.1, -0.05) is 12.1 Å². The summed E-state index contributed by atoms with van der Waals surface area (Å²) in [6, 6.07) is 13.1. The molecule has 8 nitrogen and oxygen atoms in total. The van der Waals surface area contributed by atoms with Crippen molar-refractivity contribution in [1.29, 1.82) is 0 Å². The molecule has 0 unspecified atom stereocenters. The van der Waals surface area contributed by atoms with Crippen LogP contribution in [0.5, 0.6) is 17.2 Å². The van der Waals surface area contributed by atoms with E-state index in [4.69, 9.17) is 18.9 Å². The number of nitrogens with one attached hydrogen (secondary N) is 1. The summed E-state index contributed by atoms with van der Waals surface area (Å²) in [6.07, 6.45) is -0.981. The smallest absolute Gasteiger partial charge is 0.351 e. The average Bonchev–Trinajstić information content (AvgIpc) is 2.71. The standard InChI is InChI=1S/C19H17NO7/c1-24-13-8-6-12(7-9-13)18(22)20-17(21)11-26-19(23)16-10-25-14-4-2-3-5-15(14)27-16/h2-9,16H,10-11H2,1H3,(H,20,21,22)/t16-/m1/s1. The number of fused-ring (bicyclic) bond motifs is 1. The van der Waals surface area contributed by atoms with E-state index in [2.05, 4.69) is 5.32 Å².